The maximum absolute atomic E-state index is 4.80. The highest BCUT2D eigenvalue weighted by Crippen LogP contribution is 2.27. The highest BCUT2D eigenvalue weighted by Gasteiger charge is 2.18. The van der Waals surface area contributed by atoms with E-state index in [1.807, 2.05) is 33.0 Å². The highest BCUT2D eigenvalue weighted by atomic mass is 15.3. The number of fused-ring (bicyclic) bond motifs is 1. The quantitative estimate of drug-likeness (QED) is 0.567. The van der Waals surface area contributed by atoms with Crippen LogP contribution in [-0.4, -0.2) is 41.0 Å². The van der Waals surface area contributed by atoms with Crippen LogP contribution in [0.15, 0.2) is 30.6 Å². The third-order valence-corrected chi connectivity index (χ3v) is 4.45. The molecule has 138 valence electrons. The van der Waals surface area contributed by atoms with Gasteiger partial charge in [0, 0.05) is 43.2 Å². The zero-order chi connectivity index (χ0) is 19.0. The van der Waals surface area contributed by atoms with Gasteiger partial charge < -0.3 is 5.32 Å². The van der Waals surface area contributed by atoms with Gasteiger partial charge in [-0.2, -0.15) is 10.2 Å². The van der Waals surface area contributed by atoms with E-state index in [2.05, 4.69) is 38.6 Å². The molecule has 0 fully saturated rings. The number of aryl methyl sites for hydroxylation is 3. The first-order valence-electron chi connectivity index (χ1n) is 8.90. The number of nitrogens with one attached hydrogen (secondary N) is 2. The van der Waals surface area contributed by atoms with Gasteiger partial charge in [-0.1, -0.05) is 0 Å². The fourth-order valence-corrected chi connectivity index (χ4v) is 3.25. The summed E-state index contributed by atoms with van der Waals surface area (Å²) in [5.74, 6) is 1.44. The zero-order valence-corrected chi connectivity index (χ0v) is 15.9. The Morgan fingerprint density at radius 1 is 1.19 bits per heavy atom. The maximum atomic E-state index is 4.80. The molecular weight excluding hydrogens is 340 g/mol. The van der Waals surface area contributed by atoms with Gasteiger partial charge in [0.2, 0.25) is 0 Å². The minimum Gasteiger partial charge on any atom is -0.366 e. The van der Waals surface area contributed by atoms with E-state index < -0.39 is 0 Å². The average Bonchev–Trinajstić information content (AvgIpc) is 3.18. The average molecular weight is 362 g/mol. The van der Waals surface area contributed by atoms with Crippen LogP contribution in [0.3, 0.4) is 0 Å². The van der Waals surface area contributed by atoms with Crippen molar-refractivity contribution >= 4 is 16.9 Å². The van der Waals surface area contributed by atoms with E-state index in [0.717, 1.165) is 45.9 Å². The Morgan fingerprint density at radius 3 is 2.67 bits per heavy atom. The Balaban J connectivity index is 1.73. The van der Waals surface area contributed by atoms with Crippen LogP contribution >= 0.6 is 0 Å². The minimum absolute atomic E-state index is 0.149. The van der Waals surface area contributed by atoms with Crippen molar-refractivity contribution < 1.29 is 0 Å². The summed E-state index contributed by atoms with van der Waals surface area (Å²) in [4.78, 5) is 13.6. The van der Waals surface area contributed by atoms with Crippen molar-refractivity contribution in [2.75, 3.05) is 5.32 Å². The molecule has 1 atom stereocenters. The molecule has 0 aliphatic rings. The first-order chi connectivity index (χ1) is 13.0. The summed E-state index contributed by atoms with van der Waals surface area (Å²) in [6.45, 7) is 6.10. The smallest absolute Gasteiger partial charge is 0.164 e. The largest absolute Gasteiger partial charge is 0.366 e. The van der Waals surface area contributed by atoms with Crippen LogP contribution in [0.25, 0.3) is 22.4 Å². The third-order valence-electron chi connectivity index (χ3n) is 4.45. The second kappa shape index (κ2) is 6.79. The second-order valence-corrected chi connectivity index (χ2v) is 6.83. The zero-order valence-electron chi connectivity index (χ0n) is 15.9. The molecule has 4 rings (SSSR count). The predicted octanol–water partition coefficient (Wildman–Crippen LogP) is 2.81. The summed E-state index contributed by atoms with van der Waals surface area (Å²) >= 11 is 0. The summed E-state index contributed by atoms with van der Waals surface area (Å²) in [6.07, 6.45) is 4.28. The minimum atomic E-state index is 0.149. The number of aromatic amines is 1. The molecule has 0 aliphatic heterocycles. The number of hydrogen-bond donors (Lipinski definition) is 2. The molecule has 0 unspecified atom stereocenters. The van der Waals surface area contributed by atoms with Gasteiger partial charge in [0.25, 0.3) is 0 Å². The molecule has 27 heavy (non-hydrogen) atoms. The molecule has 0 bridgehead atoms. The van der Waals surface area contributed by atoms with Crippen LogP contribution in [0.5, 0.6) is 0 Å². The van der Waals surface area contributed by atoms with Crippen LogP contribution in [-0.2, 0) is 13.5 Å². The topological polar surface area (TPSA) is 97.2 Å². The number of anilines is 1. The van der Waals surface area contributed by atoms with Crippen LogP contribution in [0, 0.1) is 13.8 Å². The summed E-state index contributed by atoms with van der Waals surface area (Å²) in [5.41, 5.74) is 4.71. The number of H-pyrrole nitrogens is 1. The second-order valence-electron chi connectivity index (χ2n) is 6.83. The molecule has 0 radical (unpaired) electrons. The van der Waals surface area contributed by atoms with Crippen molar-refractivity contribution in [3.05, 3.63) is 47.7 Å². The number of nitrogens with zero attached hydrogens (tertiary/aromatic N) is 6. The highest BCUT2D eigenvalue weighted by molar-refractivity contribution is 5.91. The molecule has 0 amide bonds. The van der Waals surface area contributed by atoms with Gasteiger partial charge in [-0.25, -0.2) is 9.97 Å². The molecule has 0 saturated carbocycles. The Morgan fingerprint density at radius 2 is 1.96 bits per heavy atom. The predicted molar refractivity (Wildman–Crippen MR) is 104 cm³/mol. The van der Waals surface area contributed by atoms with Gasteiger partial charge in [0.15, 0.2) is 11.5 Å². The number of aromatic nitrogens is 7. The van der Waals surface area contributed by atoms with E-state index in [1.165, 1.54) is 0 Å². The van der Waals surface area contributed by atoms with Crippen molar-refractivity contribution in [3.63, 3.8) is 0 Å². The monoisotopic (exact) mass is 362 g/mol. The van der Waals surface area contributed by atoms with E-state index in [9.17, 15) is 0 Å². The lowest BCUT2D eigenvalue weighted by Gasteiger charge is -2.15. The SMILES string of the molecule is Cc1cc(C[C@@H](C)Nc2nc(-c3ccncc3)nc3c2c(C)nn3C)n[nH]1. The summed E-state index contributed by atoms with van der Waals surface area (Å²) in [6, 6.07) is 6.02. The summed E-state index contributed by atoms with van der Waals surface area (Å²) in [5, 5.41) is 16.3. The van der Waals surface area contributed by atoms with Gasteiger partial charge in [-0.3, -0.25) is 14.8 Å². The van der Waals surface area contributed by atoms with E-state index in [0.29, 0.717) is 5.82 Å². The van der Waals surface area contributed by atoms with Gasteiger partial charge in [0.1, 0.15) is 5.82 Å². The standard InChI is InChI=1S/C19H22N8/c1-11(9-15-10-12(2)24-25-15)21-18-16-13(3)26-27(4)19(16)23-17(22-18)14-5-7-20-8-6-14/h5-8,10-11H,9H2,1-4H3,(H,24,25)(H,21,22,23)/t11-/m1/s1. The fourth-order valence-electron chi connectivity index (χ4n) is 3.25. The van der Waals surface area contributed by atoms with Crippen molar-refractivity contribution in [2.45, 2.75) is 33.2 Å². The molecule has 8 nitrogen and oxygen atoms in total. The Bertz CT molecular complexity index is 1080. The number of pyridine rings is 1. The number of hydrogen-bond acceptors (Lipinski definition) is 6. The molecule has 0 spiro atoms. The Labute approximate surface area is 157 Å². The maximum Gasteiger partial charge on any atom is 0.164 e. The van der Waals surface area contributed by atoms with Crippen molar-refractivity contribution in [1.29, 1.82) is 0 Å². The van der Waals surface area contributed by atoms with Crippen LogP contribution < -0.4 is 5.32 Å². The molecule has 4 heterocycles. The van der Waals surface area contributed by atoms with Gasteiger partial charge >= 0.3 is 0 Å². The van der Waals surface area contributed by atoms with E-state index in [4.69, 9.17) is 9.97 Å². The van der Waals surface area contributed by atoms with E-state index in [1.54, 1.807) is 17.1 Å². The normalized spacial score (nSPS) is 12.4. The van der Waals surface area contributed by atoms with Crippen molar-refractivity contribution in [2.24, 2.45) is 7.05 Å². The fraction of sp³-hybridized carbons (Fsp3) is 0.316. The Kier molecular flexibility index (Phi) is 4.31. The van der Waals surface area contributed by atoms with E-state index >= 15 is 0 Å². The molecule has 4 aromatic heterocycles. The first-order valence-corrected chi connectivity index (χ1v) is 8.90. The van der Waals surface area contributed by atoms with E-state index in [-0.39, 0.29) is 6.04 Å². The summed E-state index contributed by atoms with van der Waals surface area (Å²) < 4.78 is 1.80. The first kappa shape index (κ1) is 17.1. The van der Waals surface area contributed by atoms with Gasteiger partial charge in [0.05, 0.1) is 16.8 Å². The lowest BCUT2D eigenvalue weighted by Crippen LogP contribution is -2.19. The lowest BCUT2D eigenvalue weighted by molar-refractivity contribution is 0.760. The molecule has 8 heteroatoms. The molecular formula is C19H22N8. The molecule has 2 N–H and O–H groups in total. The molecule has 4 aromatic rings. The van der Waals surface area contributed by atoms with Crippen LogP contribution in [0.2, 0.25) is 0 Å². The van der Waals surface area contributed by atoms with Gasteiger partial charge in [-0.15, -0.1) is 0 Å². The van der Waals surface area contributed by atoms with Gasteiger partial charge in [-0.05, 0) is 39.0 Å². The van der Waals surface area contributed by atoms with Crippen LogP contribution in [0.4, 0.5) is 5.82 Å². The molecule has 0 aliphatic carbocycles. The molecule has 0 aromatic carbocycles. The Hall–Kier alpha value is -3.29. The van der Waals surface area contributed by atoms with Crippen molar-refractivity contribution in [1.82, 2.24) is 34.9 Å². The van der Waals surface area contributed by atoms with Crippen molar-refractivity contribution in [3.8, 4) is 11.4 Å². The summed E-state index contributed by atoms with van der Waals surface area (Å²) in [7, 11) is 1.90. The third kappa shape index (κ3) is 3.38. The number of rotatable bonds is 5. The lowest BCUT2D eigenvalue weighted by atomic mass is 10.1. The molecule has 0 saturated heterocycles. The van der Waals surface area contributed by atoms with Crippen LogP contribution in [0.1, 0.15) is 24.0 Å².